The highest BCUT2D eigenvalue weighted by atomic mass is 35.5. The molecule has 0 bridgehead atoms. The zero-order valence-corrected chi connectivity index (χ0v) is 11.8. The third kappa shape index (κ3) is 3.57. The quantitative estimate of drug-likeness (QED) is 0.777. The van der Waals surface area contributed by atoms with Crippen molar-refractivity contribution in [2.24, 2.45) is 5.41 Å². The molecular weight excluding hydrogens is 242 g/mol. The highest BCUT2D eigenvalue weighted by Gasteiger charge is 2.44. The Labute approximate surface area is 109 Å². The van der Waals surface area contributed by atoms with E-state index in [1.54, 1.807) is 38.0 Å². The van der Waals surface area contributed by atoms with Crippen molar-refractivity contribution in [2.45, 2.75) is 12.8 Å². The van der Waals surface area contributed by atoms with Gasteiger partial charge in [-0.3, -0.25) is 9.59 Å². The lowest BCUT2D eigenvalue weighted by Crippen LogP contribution is -2.45. The average molecular weight is 264 g/mol. The Kier molecular flexibility index (Phi) is 5.92. The molecule has 1 saturated heterocycles. The molecule has 1 heterocycles. The first kappa shape index (κ1) is 16.2. The van der Waals surface area contributed by atoms with Crippen LogP contribution in [0.3, 0.4) is 0 Å². The summed E-state index contributed by atoms with van der Waals surface area (Å²) in [5, 5.41) is 3.17. The summed E-state index contributed by atoms with van der Waals surface area (Å²) in [6.07, 6.45) is 1.04. The van der Waals surface area contributed by atoms with Gasteiger partial charge in [-0.25, -0.2) is 0 Å². The molecule has 2 amide bonds. The van der Waals surface area contributed by atoms with Crippen LogP contribution in [0.25, 0.3) is 0 Å². The second-order valence-corrected chi connectivity index (χ2v) is 4.87. The van der Waals surface area contributed by atoms with Crippen LogP contribution in [0.4, 0.5) is 0 Å². The number of hydrogen-bond donors (Lipinski definition) is 1. The van der Waals surface area contributed by atoms with Crippen LogP contribution < -0.4 is 5.32 Å². The second kappa shape index (κ2) is 6.21. The first-order valence-electron chi connectivity index (χ1n) is 5.52. The van der Waals surface area contributed by atoms with Gasteiger partial charge in [-0.05, 0) is 13.0 Å². The molecule has 1 N–H and O–H groups in total. The van der Waals surface area contributed by atoms with E-state index in [0.29, 0.717) is 13.0 Å². The van der Waals surface area contributed by atoms with Crippen LogP contribution in [0.2, 0.25) is 0 Å². The van der Waals surface area contributed by atoms with Gasteiger partial charge in [0.1, 0.15) is 0 Å². The number of hydrogen-bond acceptors (Lipinski definition) is 3. The molecule has 0 aromatic rings. The number of carbonyl (C=O) groups excluding carboxylic acids is 2. The molecule has 1 rings (SSSR count). The predicted octanol–water partition coefficient (Wildman–Crippen LogP) is -0.0456. The van der Waals surface area contributed by atoms with Gasteiger partial charge in [0.15, 0.2) is 0 Å². The highest BCUT2D eigenvalue weighted by molar-refractivity contribution is 5.89. The molecule has 1 unspecified atom stereocenters. The second-order valence-electron chi connectivity index (χ2n) is 4.87. The van der Waals surface area contributed by atoms with E-state index in [-0.39, 0.29) is 24.2 Å². The minimum absolute atomic E-state index is 0. The van der Waals surface area contributed by atoms with Gasteiger partial charge in [-0.2, -0.15) is 0 Å². The van der Waals surface area contributed by atoms with E-state index in [9.17, 15) is 9.59 Å². The predicted molar refractivity (Wildman–Crippen MR) is 69.2 cm³/mol. The summed E-state index contributed by atoms with van der Waals surface area (Å²) in [5.74, 6) is 0.0617. The van der Waals surface area contributed by atoms with Crippen LogP contribution in [-0.4, -0.2) is 62.9 Å². The molecule has 6 heteroatoms. The van der Waals surface area contributed by atoms with Crippen LogP contribution in [0.15, 0.2) is 0 Å². The molecule has 0 aliphatic carbocycles. The minimum atomic E-state index is -0.537. The molecule has 1 aliphatic rings. The van der Waals surface area contributed by atoms with Crippen LogP contribution in [0.5, 0.6) is 0 Å². The van der Waals surface area contributed by atoms with E-state index in [1.807, 2.05) is 0 Å². The number of rotatable bonds is 3. The lowest BCUT2D eigenvalue weighted by atomic mass is 9.81. The van der Waals surface area contributed by atoms with Gasteiger partial charge in [-0.1, -0.05) is 0 Å². The van der Waals surface area contributed by atoms with E-state index < -0.39 is 5.41 Å². The maximum atomic E-state index is 12.1. The van der Waals surface area contributed by atoms with Gasteiger partial charge in [0, 0.05) is 41.2 Å². The molecule has 100 valence electrons. The van der Waals surface area contributed by atoms with E-state index in [0.717, 1.165) is 13.0 Å². The normalized spacial score (nSPS) is 22.8. The van der Waals surface area contributed by atoms with Gasteiger partial charge >= 0.3 is 0 Å². The number of halogens is 1. The van der Waals surface area contributed by atoms with Gasteiger partial charge in [-0.15, -0.1) is 12.4 Å². The molecule has 0 saturated carbocycles. The largest absolute Gasteiger partial charge is 0.349 e. The van der Waals surface area contributed by atoms with Crippen LogP contribution >= 0.6 is 12.4 Å². The fourth-order valence-electron chi connectivity index (χ4n) is 2.07. The molecule has 5 nitrogen and oxygen atoms in total. The highest BCUT2D eigenvalue weighted by Crippen LogP contribution is 2.32. The summed E-state index contributed by atoms with van der Waals surface area (Å²) in [6.45, 7) is 1.41. The number of carbonyl (C=O) groups is 2. The zero-order chi connectivity index (χ0) is 12.3. The van der Waals surface area contributed by atoms with Crippen LogP contribution in [-0.2, 0) is 9.59 Å². The number of nitrogens with one attached hydrogen (secondary N) is 1. The first-order chi connectivity index (χ1) is 7.39. The Morgan fingerprint density at radius 1 is 1.18 bits per heavy atom. The van der Waals surface area contributed by atoms with E-state index >= 15 is 0 Å². The lowest BCUT2D eigenvalue weighted by Gasteiger charge is -2.30. The summed E-state index contributed by atoms with van der Waals surface area (Å²) in [5.41, 5.74) is -0.537. The summed E-state index contributed by atoms with van der Waals surface area (Å²) >= 11 is 0. The smallest absolute Gasteiger partial charge is 0.230 e. The fraction of sp³-hybridized carbons (Fsp3) is 0.818. The monoisotopic (exact) mass is 263 g/mol. The lowest BCUT2D eigenvalue weighted by molar-refractivity contribution is -0.144. The minimum Gasteiger partial charge on any atom is -0.349 e. The standard InChI is InChI=1S/C11H21N3O2.ClH/c1-13(2)9(15)7-11(5-6-12-8-11)10(16)14(3)4;/h12H,5-8H2,1-4H3;1H. The van der Waals surface area contributed by atoms with Crippen LogP contribution in [0, 0.1) is 5.41 Å². The van der Waals surface area contributed by atoms with Gasteiger partial charge in [0.25, 0.3) is 0 Å². The van der Waals surface area contributed by atoms with E-state index in [2.05, 4.69) is 5.32 Å². The maximum absolute atomic E-state index is 12.1. The molecule has 17 heavy (non-hydrogen) atoms. The van der Waals surface area contributed by atoms with Crippen molar-refractivity contribution in [1.29, 1.82) is 0 Å². The average Bonchev–Trinajstić information content (AvgIpc) is 2.66. The molecule has 1 aliphatic heterocycles. The number of nitrogens with zero attached hydrogens (tertiary/aromatic N) is 2. The topological polar surface area (TPSA) is 52.7 Å². The van der Waals surface area contributed by atoms with Gasteiger partial charge < -0.3 is 15.1 Å². The number of amides is 2. The Bertz CT molecular complexity index is 286. The molecule has 0 aromatic heterocycles. The van der Waals surface area contributed by atoms with Crippen molar-refractivity contribution in [3.05, 3.63) is 0 Å². The molecule has 0 aromatic carbocycles. The Morgan fingerprint density at radius 2 is 1.76 bits per heavy atom. The Morgan fingerprint density at radius 3 is 2.12 bits per heavy atom. The maximum Gasteiger partial charge on any atom is 0.230 e. The summed E-state index contributed by atoms with van der Waals surface area (Å²) in [7, 11) is 6.92. The Balaban J connectivity index is 0.00000256. The SMILES string of the molecule is CN(C)C(=O)CC1(C(=O)N(C)C)CCNC1.Cl. The van der Waals surface area contributed by atoms with Crippen molar-refractivity contribution in [3.63, 3.8) is 0 Å². The third-order valence-corrected chi connectivity index (χ3v) is 3.09. The molecule has 1 atom stereocenters. The fourth-order valence-corrected chi connectivity index (χ4v) is 2.07. The van der Waals surface area contributed by atoms with Crippen LogP contribution in [0.1, 0.15) is 12.8 Å². The molecular formula is C11H22ClN3O2. The summed E-state index contributed by atoms with van der Waals surface area (Å²) in [4.78, 5) is 27.0. The molecule has 0 radical (unpaired) electrons. The molecule has 1 fully saturated rings. The van der Waals surface area contributed by atoms with Crippen molar-refractivity contribution in [1.82, 2.24) is 15.1 Å². The third-order valence-electron chi connectivity index (χ3n) is 3.09. The van der Waals surface area contributed by atoms with Crippen molar-refractivity contribution < 1.29 is 9.59 Å². The summed E-state index contributed by atoms with van der Waals surface area (Å²) in [6, 6.07) is 0. The summed E-state index contributed by atoms with van der Waals surface area (Å²) < 4.78 is 0. The van der Waals surface area contributed by atoms with E-state index in [1.165, 1.54) is 0 Å². The van der Waals surface area contributed by atoms with Crippen molar-refractivity contribution in [3.8, 4) is 0 Å². The van der Waals surface area contributed by atoms with Crippen molar-refractivity contribution in [2.75, 3.05) is 41.3 Å². The van der Waals surface area contributed by atoms with Gasteiger partial charge in [0.2, 0.25) is 11.8 Å². The van der Waals surface area contributed by atoms with Gasteiger partial charge in [0.05, 0.1) is 5.41 Å². The zero-order valence-electron chi connectivity index (χ0n) is 10.9. The first-order valence-corrected chi connectivity index (χ1v) is 5.52. The Hall–Kier alpha value is -0.810. The van der Waals surface area contributed by atoms with Crippen molar-refractivity contribution >= 4 is 24.2 Å². The molecule has 0 spiro atoms. The van der Waals surface area contributed by atoms with E-state index in [4.69, 9.17) is 0 Å².